The summed E-state index contributed by atoms with van der Waals surface area (Å²) in [6.45, 7) is 1.87. The summed E-state index contributed by atoms with van der Waals surface area (Å²) in [5.41, 5.74) is 5.18. The smallest absolute Gasteiger partial charge is 0.269 e. The van der Waals surface area contributed by atoms with Crippen LogP contribution in [0.1, 0.15) is 23.7 Å². The third kappa shape index (κ3) is 4.47. The predicted molar refractivity (Wildman–Crippen MR) is 72.8 cm³/mol. The van der Waals surface area contributed by atoms with E-state index < -0.39 is 0 Å². The molecule has 1 aromatic carbocycles. The molecule has 0 aliphatic carbocycles. The van der Waals surface area contributed by atoms with Crippen molar-refractivity contribution in [1.82, 2.24) is 10.9 Å². The number of amides is 2. The van der Waals surface area contributed by atoms with Gasteiger partial charge < -0.3 is 0 Å². The average Bonchev–Trinajstić information content (AvgIpc) is 2.35. The highest BCUT2D eigenvalue weighted by atomic mass is 79.9. The first kappa shape index (κ1) is 14.2. The van der Waals surface area contributed by atoms with Crippen LogP contribution in [0.4, 0.5) is 0 Å². The first-order chi connectivity index (χ1) is 8.04. The molecule has 0 fully saturated rings. The summed E-state index contributed by atoms with van der Waals surface area (Å²) in [5, 5.41) is 0. The van der Waals surface area contributed by atoms with E-state index in [-0.39, 0.29) is 16.6 Å². The molecule has 0 spiro atoms. The molecule has 2 amide bonds. The second-order valence-electron chi connectivity index (χ2n) is 3.33. The number of hydrogen-bond acceptors (Lipinski definition) is 2. The van der Waals surface area contributed by atoms with Crippen LogP contribution in [0.15, 0.2) is 28.7 Å². The van der Waals surface area contributed by atoms with E-state index in [0.29, 0.717) is 12.0 Å². The van der Waals surface area contributed by atoms with Crippen molar-refractivity contribution in [2.45, 2.75) is 18.2 Å². The molecule has 17 heavy (non-hydrogen) atoms. The molecule has 1 atom stereocenters. The second kappa shape index (κ2) is 6.76. The number of hydrogen-bond donors (Lipinski definition) is 2. The van der Waals surface area contributed by atoms with Crippen LogP contribution in [0.25, 0.3) is 0 Å². The molecule has 0 aromatic heterocycles. The van der Waals surface area contributed by atoms with Gasteiger partial charge in [0.2, 0.25) is 0 Å². The number of benzene rings is 1. The van der Waals surface area contributed by atoms with Crippen molar-refractivity contribution in [2.24, 2.45) is 0 Å². The summed E-state index contributed by atoms with van der Waals surface area (Å²) >= 11 is 6.47. The molecule has 0 aliphatic heterocycles. The van der Waals surface area contributed by atoms with Crippen molar-refractivity contribution in [1.29, 1.82) is 0 Å². The lowest BCUT2D eigenvalue weighted by Crippen LogP contribution is -2.44. The van der Waals surface area contributed by atoms with Gasteiger partial charge in [0.1, 0.15) is 0 Å². The van der Waals surface area contributed by atoms with Gasteiger partial charge in [0.25, 0.3) is 11.8 Å². The lowest BCUT2D eigenvalue weighted by Gasteiger charge is -2.10. The van der Waals surface area contributed by atoms with Crippen LogP contribution in [0, 0.1) is 0 Å². The van der Waals surface area contributed by atoms with Gasteiger partial charge in [0, 0.05) is 10.0 Å². The average molecular weight is 364 g/mol. The van der Waals surface area contributed by atoms with Crippen molar-refractivity contribution in [2.75, 3.05) is 0 Å². The molecule has 0 unspecified atom stereocenters. The first-order valence-corrected chi connectivity index (χ1v) is 6.75. The van der Waals surface area contributed by atoms with E-state index in [1.165, 1.54) is 0 Å². The zero-order valence-electron chi connectivity index (χ0n) is 9.17. The van der Waals surface area contributed by atoms with Crippen LogP contribution in [0.3, 0.4) is 0 Å². The van der Waals surface area contributed by atoms with E-state index >= 15 is 0 Å². The van der Waals surface area contributed by atoms with Crippen molar-refractivity contribution < 1.29 is 9.59 Å². The summed E-state index contributed by atoms with van der Waals surface area (Å²) < 4.78 is 0.893. The Morgan fingerprint density at radius 2 is 1.82 bits per heavy atom. The summed E-state index contributed by atoms with van der Waals surface area (Å²) in [7, 11) is 0. The quantitative estimate of drug-likeness (QED) is 0.639. The Labute approximate surface area is 116 Å². The molecule has 0 radical (unpaired) electrons. The fourth-order valence-corrected chi connectivity index (χ4v) is 1.43. The zero-order chi connectivity index (χ0) is 12.8. The largest absolute Gasteiger partial charge is 0.272 e. The Morgan fingerprint density at radius 1 is 1.24 bits per heavy atom. The molecule has 0 bridgehead atoms. The maximum atomic E-state index is 11.6. The molecule has 0 saturated heterocycles. The Morgan fingerprint density at radius 3 is 2.35 bits per heavy atom. The number of rotatable bonds is 3. The normalized spacial score (nSPS) is 11.7. The van der Waals surface area contributed by atoms with Crippen molar-refractivity contribution in [3.05, 3.63) is 34.3 Å². The minimum Gasteiger partial charge on any atom is -0.272 e. The molecule has 0 heterocycles. The van der Waals surface area contributed by atoms with Crippen LogP contribution >= 0.6 is 31.9 Å². The van der Waals surface area contributed by atoms with Crippen LogP contribution in [0.5, 0.6) is 0 Å². The molecule has 4 nitrogen and oxygen atoms in total. The fourth-order valence-electron chi connectivity index (χ4n) is 1.06. The molecular weight excluding hydrogens is 352 g/mol. The number of carbonyl (C=O) groups is 2. The van der Waals surface area contributed by atoms with E-state index in [2.05, 4.69) is 42.7 Å². The van der Waals surface area contributed by atoms with Gasteiger partial charge in [0.05, 0.1) is 4.83 Å². The van der Waals surface area contributed by atoms with Crippen molar-refractivity contribution >= 4 is 43.7 Å². The van der Waals surface area contributed by atoms with Crippen LogP contribution in [0.2, 0.25) is 0 Å². The van der Waals surface area contributed by atoms with Crippen molar-refractivity contribution in [3.8, 4) is 0 Å². The number of carbonyl (C=O) groups excluding carboxylic acids is 2. The summed E-state index contributed by atoms with van der Waals surface area (Å²) in [4.78, 5) is 22.7. The van der Waals surface area contributed by atoms with E-state index in [1.807, 2.05) is 6.92 Å². The zero-order valence-corrected chi connectivity index (χ0v) is 12.3. The van der Waals surface area contributed by atoms with Gasteiger partial charge in [-0.05, 0) is 30.7 Å². The van der Waals surface area contributed by atoms with Gasteiger partial charge in [-0.15, -0.1) is 0 Å². The Kier molecular flexibility index (Phi) is 5.64. The van der Waals surface area contributed by atoms with Gasteiger partial charge >= 0.3 is 0 Å². The Hall–Kier alpha value is -0.880. The highest BCUT2D eigenvalue weighted by molar-refractivity contribution is 9.10. The highest BCUT2D eigenvalue weighted by Crippen LogP contribution is 2.10. The summed E-state index contributed by atoms with van der Waals surface area (Å²) in [6, 6.07) is 6.85. The van der Waals surface area contributed by atoms with Gasteiger partial charge in [-0.25, -0.2) is 0 Å². The maximum absolute atomic E-state index is 11.6. The SMILES string of the molecule is CC[C@H](Br)C(=O)NNC(=O)c1ccc(Br)cc1. The molecular formula is C11H12Br2N2O2. The molecule has 0 aliphatic rings. The van der Waals surface area contributed by atoms with Crippen LogP contribution < -0.4 is 10.9 Å². The molecule has 92 valence electrons. The lowest BCUT2D eigenvalue weighted by molar-refractivity contribution is -0.121. The van der Waals surface area contributed by atoms with Gasteiger partial charge in [-0.1, -0.05) is 38.8 Å². The topological polar surface area (TPSA) is 58.2 Å². The Balaban J connectivity index is 2.50. The summed E-state index contributed by atoms with van der Waals surface area (Å²) in [6.07, 6.45) is 0.653. The summed E-state index contributed by atoms with van der Waals surface area (Å²) in [5.74, 6) is -0.611. The Bertz CT molecular complexity index is 406. The second-order valence-corrected chi connectivity index (χ2v) is 5.35. The van der Waals surface area contributed by atoms with Crippen molar-refractivity contribution in [3.63, 3.8) is 0 Å². The third-order valence-electron chi connectivity index (χ3n) is 2.05. The predicted octanol–water partition coefficient (Wildman–Crippen LogP) is 2.38. The van der Waals surface area contributed by atoms with Crippen LogP contribution in [-0.2, 0) is 4.79 Å². The lowest BCUT2D eigenvalue weighted by atomic mass is 10.2. The highest BCUT2D eigenvalue weighted by Gasteiger charge is 2.13. The van der Waals surface area contributed by atoms with E-state index in [0.717, 1.165) is 4.47 Å². The molecule has 1 aromatic rings. The van der Waals surface area contributed by atoms with E-state index in [1.54, 1.807) is 24.3 Å². The maximum Gasteiger partial charge on any atom is 0.269 e. The number of alkyl halides is 1. The number of halogens is 2. The molecule has 6 heteroatoms. The van der Waals surface area contributed by atoms with E-state index in [4.69, 9.17) is 0 Å². The number of nitrogens with one attached hydrogen (secondary N) is 2. The number of hydrazine groups is 1. The van der Waals surface area contributed by atoms with Gasteiger partial charge in [-0.2, -0.15) is 0 Å². The molecule has 1 rings (SSSR count). The minimum atomic E-state index is -0.346. The molecule has 2 N–H and O–H groups in total. The fraction of sp³-hybridized carbons (Fsp3) is 0.273. The molecule has 0 saturated carbocycles. The van der Waals surface area contributed by atoms with Gasteiger partial charge in [-0.3, -0.25) is 20.4 Å². The standard InChI is InChI=1S/C11H12Br2N2O2/c1-2-9(13)11(17)15-14-10(16)7-3-5-8(12)6-4-7/h3-6,9H,2H2,1H3,(H,14,16)(H,15,17)/t9-/m0/s1. The third-order valence-corrected chi connectivity index (χ3v) is 3.64. The van der Waals surface area contributed by atoms with E-state index in [9.17, 15) is 9.59 Å². The van der Waals surface area contributed by atoms with Crippen LogP contribution in [-0.4, -0.2) is 16.6 Å². The first-order valence-electron chi connectivity index (χ1n) is 5.04. The monoisotopic (exact) mass is 362 g/mol. The minimum absolute atomic E-state index is 0.266. The van der Waals surface area contributed by atoms with Gasteiger partial charge in [0.15, 0.2) is 0 Å².